The molecule has 32 heavy (non-hydrogen) atoms. The Morgan fingerprint density at radius 3 is 2.44 bits per heavy atom. The fourth-order valence-corrected chi connectivity index (χ4v) is 4.08. The lowest BCUT2D eigenvalue weighted by Crippen LogP contribution is -2.28. The Hall–Kier alpha value is -3.72. The van der Waals surface area contributed by atoms with Crippen molar-refractivity contribution in [3.63, 3.8) is 0 Å². The number of nitrogens with one attached hydrogen (secondary N) is 1. The van der Waals surface area contributed by atoms with Crippen molar-refractivity contribution in [2.75, 3.05) is 19.5 Å². The Balaban J connectivity index is 1.43. The predicted octanol–water partition coefficient (Wildman–Crippen LogP) is 3.73. The molecule has 1 saturated heterocycles. The number of likely N-dealkylation sites (tertiary alicyclic amines) is 1. The van der Waals surface area contributed by atoms with Crippen molar-refractivity contribution in [1.29, 1.82) is 0 Å². The summed E-state index contributed by atoms with van der Waals surface area (Å²) in [5, 5.41) is 5.10. The van der Waals surface area contributed by atoms with E-state index < -0.39 is 0 Å². The molecule has 0 radical (unpaired) electrons. The summed E-state index contributed by atoms with van der Waals surface area (Å²) in [7, 11) is 3.16. The molecule has 3 amide bonds. The maximum Gasteiger partial charge on any atom is 0.257 e. The number of hydrogen-bond donors (Lipinski definition) is 1. The Morgan fingerprint density at radius 1 is 1.06 bits per heavy atom. The highest BCUT2D eigenvalue weighted by Crippen LogP contribution is 2.35. The number of ether oxygens (including phenoxy) is 2. The maximum absolute atomic E-state index is 12.6. The third kappa shape index (κ3) is 4.47. The number of carbonyl (C=O) groups excluding carboxylic acids is 3. The van der Waals surface area contributed by atoms with Crippen LogP contribution < -0.4 is 14.8 Å². The van der Waals surface area contributed by atoms with Crippen LogP contribution >= 0.6 is 11.3 Å². The molecule has 1 aromatic heterocycles. The summed E-state index contributed by atoms with van der Waals surface area (Å²) in [6.07, 6.45) is 0.523. The quantitative estimate of drug-likeness (QED) is 0.550. The number of imide groups is 1. The van der Waals surface area contributed by atoms with Gasteiger partial charge in [-0.15, -0.1) is 11.3 Å². The molecular weight excluding hydrogens is 430 g/mol. The van der Waals surface area contributed by atoms with Gasteiger partial charge < -0.3 is 9.47 Å². The molecule has 4 rings (SSSR count). The summed E-state index contributed by atoms with van der Waals surface area (Å²) in [6, 6.07) is 12.3. The van der Waals surface area contributed by atoms with Gasteiger partial charge in [0.1, 0.15) is 11.5 Å². The summed E-state index contributed by atoms with van der Waals surface area (Å²) in [4.78, 5) is 41.9. The Bertz CT molecular complexity index is 1160. The smallest absolute Gasteiger partial charge is 0.257 e. The van der Waals surface area contributed by atoms with Gasteiger partial charge in [0.2, 0.25) is 11.8 Å². The van der Waals surface area contributed by atoms with Crippen LogP contribution in [0.25, 0.3) is 11.3 Å². The van der Waals surface area contributed by atoms with E-state index in [1.807, 2.05) is 17.5 Å². The van der Waals surface area contributed by atoms with Crippen LogP contribution in [0, 0.1) is 0 Å². The van der Waals surface area contributed by atoms with Gasteiger partial charge in [0.15, 0.2) is 5.13 Å². The second-order valence-electron chi connectivity index (χ2n) is 7.13. The normalized spacial score (nSPS) is 13.4. The van der Waals surface area contributed by atoms with Gasteiger partial charge in [-0.1, -0.05) is 12.1 Å². The highest BCUT2D eigenvalue weighted by atomic mass is 32.1. The van der Waals surface area contributed by atoms with E-state index in [-0.39, 0.29) is 37.1 Å². The fraction of sp³-hybridized carbons (Fsp3) is 0.217. The third-order valence-electron chi connectivity index (χ3n) is 5.12. The Labute approximate surface area is 188 Å². The van der Waals surface area contributed by atoms with Gasteiger partial charge >= 0.3 is 0 Å². The van der Waals surface area contributed by atoms with E-state index in [1.54, 1.807) is 44.6 Å². The molecule has 1 aliphatic rings. The van der Waals surface area contributed by atoms with Gasteiger partial charge in [-0.05, 0) is 29.8 Å². The summed E-state index contributed by atoms with van der Waals surface area (Å²) >= 11 is 1.31. The minimum atomic E-state index is -0.299. The van der Waals surface area contributed by atoms with Crippen molar-refractivity contribution in [1.82, 2.24) is 9.88 Å². The lowest BCUT2D eigenvalue weighted by molar-refractivity contribution is -0.139. The molecule has 0 spiro atoms. The number of anilines is 1. The first-order valence-electron chi connectivity index (χ1n) is 9.90. The highest BCUT2D eigenvalue weighted by molar-refractivity contribution is 7.14. The molecule has 0 saturated carbocycles. The number of hydrogen-bond acceptors (Lipinski definition) is 7. The van der Waals surface area contributed by atoms with Gasteiger partial charge in [-0.2, -0.15) is 0 Å². The van der Waals surface area contributed by atoms with E-state index in [1.165, 1.54) is 16.2 Å². The molecular formula is C23H21N3O5S. The second kappa shape index (κ2) is 9.19. The minimum Gasteiger partial charge on any atom is -0.497 e. The predicted molar refractivity (Wildman–Crippen MR) is 120 cm³/mol. The molecule has 1 N–H and O–H groups in total. The number of methoxy groups -OCH3 is 2. The van der Waals surface area contributed by atoms with Crippen LogP contribution in [0.15, 0.2) is 47.8 Å². The first-order chi connectivity index (χ1) is 15.5. The van der Waals surface area contributed by atoms with Crippen molar-refractivity contribution >= 4 is 34.2 Å². The maximum atomic E-state index is 12.6. The van der Waals surface area contributed by atoms with Crippen LogP contribution in [-0.4, -0.2) is 41.8 Å². The minimum absolute atomic E-state index is 0.162. The van der Waals surface area contributed by atoms with E-state index in [2.05, 4.69) is 10.3 Å². The number of nitrogens with zero attached hydrogens (tertiary/aromatic N) is 2. The lowest BCUT2D eigenvalue weighted by Gasteiger charge is -2.13. The largest absolute Gasteiger partial charge is 0.497 e. The summed E-state index contributed by atoms with van der Waals surface area (Å²) in [5.74, 6) is 0.677. The van der Waals surface area contributed by atoms with Crippen molar-refractivity contribution in [2.45, 2.75) is 19.4 Å². The molecule has 0 bridgehead atoms. The third-order valence-corrected chi connectivity index (χ3v) is 5.88. The molecule has 9 heteroatoms. The molecule has 164 valence electrons. The summed E-state index contributed by atoms with van der Waals surface area (Å²) in [6.45, 7) is 0.221. The number of benzene rings is 2. The first-order valence-corrected chi connectivity index (χ1v) is 10.8. The molecule has 8 nitrogen and oxygen atoms in total. The van der Waals surface area contributed by atoms with Gasteiger partial charge in [0, 0.05) is 35.4 Å². The number of carbonyl (C=O) groups is 3. The number of rotatable bonds is 7. The molecule has 2 aromatic carbocycles. The Kier molecular flexibility index (Phi) is 6.18. The highest BCUT2D eigenvalue weighted by Gasteiger charge is 2.28. The van der Waals surface area contributed by atoms with Crippen LogP contribution in [0.4, 0.5) is 5.13 Å². The SMILES string of the molecule is COc1ccc(-c2csc(NC(=O)c3ccc(CN4C(=O)CCC4=O)cc3)n2)c(OC)c1. The van der Waals surface area contributed by atoms with Crippen molar-refractivity contribution < 1.29 is 23.9 Å². The van der Waals surface area contributed by atoms with Crippen LogP contribution in [0.1, 0.15) is 28.8 Å². The molecule has 3 aromatic rings. The van der Waals surface area contributed by atoms with Gasteiger partial charge in [-0.25, -0.2) is 4.98 Å². The first kappa shape index (κ1) is 21.5. The fourth-order valence-electron chi connectivity index (χ4n) is 3.38. The van der Waals surface area contributed by atoms with E-state index in [0.29, 0.717) is 27.9 Å². The average Bonchev–Trinajstić information content (AvgIpc) is 3.40. The standard InChI is InChI=1S/C23H21N3O5S/c1-30-16-7-8-17(19(11-16)31-2)18-13-32-23(24-18)25-22(29)15-5-3-14(4-6-15)12-26-20(27)9-10-21(26)28/h3-8,11,13H,9-10,12H2,1-2H3,(H,24,25,29). The van der Waals surface area contributed by atoms with E-state index in [9.17, 15) is 14.4 Å². The van der Waals surface area contributed by atoms with E-state index >= 15 is 0 Å². The lowest BCUT2D eigenvalue weighted by atomic mass is 10.1. The molecule has 1 fully saturated rings. The summed E-state index contributed by atoms with van der Waals surface area (Å²) in [5.41, 5.74) is 2.71. The van der Waals surface area contributed by atoms with E-state index in [4.69, 9.17) is 9.47 Å². The van der Waals surface area contributed by atoms with Gasteiger partial charge in [-0.3, -0.25) is 24.6 Å². The van der Waals surface area contributed by atoms with Crippen LogP contribution in [0.2, 0.25) is 0 Å². The molecule has 1 aliphatic heterocycles. The zero-order valence-corrected chi connectivity index (χ0v) is 18.4. The molecule has 2 heterocycles. The summed E-state index contributed by atoms with van der Waals surface area (Å²) < 4.78 is 10.6. The number of thiazole rings is 1. The number of aromatic nitrogens is 1. The van der Waals surface area contributed by atoms with Crippen molar-refractivity contribution in [3.05, 3.63) is 59.0 Å². The zero-order valence-electron chi connectivity index (χ0n) is 17.6. The van der Waals surface area contributed by atoms with E-state index in [0.717, 1.165) is 11.1 Å². The van der Waals surface area contributed by atoms with Crippen molar-refractivity contribution in [3.8, 4) is 22.8 Å². The molecule has 0 unspecified atom stereocenters. The molecule has 0 aliphatic carbocycles. The van der Waals surface area contributed by atoms with Crippen LogP contribution in [-0.2, 0) is 16.1 Å². The number of amides is 3. The average molecular weight is 452 g/mol. The molecule has 0 atom stereocenters. The van der Waals surface area contributed by atoms with Crippen molar-refractivity contribution in [2.24, 2.45) is 0 Å². The monoisotopic (exact) mass is 451 g/mol. The Morgan fingerprint density at radius 2 is 1.78 bits per heavy atom. The second-order valence-corrected chi connectivity index (χ2v) is 7.99. The topological polar surface area (TPSA) is 97.8 Å². The zero-order chi connectivity index (χ0) is 22.7. The van der Waals surface area contributed by atoms with Crippen LogP contribution in [0.5, 0.6) is 11.5 Å². The van der Waals surface area contributed by atoms with Gasteiger partial charge in [0.05, 0.1) is 26.5 Å². The van der Waals surface area contributed by atoms with Gasteiger partial charge in [0.25, 0.3) is 5.91 Å². The van der Waals surface area contributed by atoms with Crippen LogP contribution in [0.3, 0.4) is 0 Å².